The quantitative estimate of drug-likeness (QED) is 0.422. The molecule has 136 valence electrons. The van der Waals surface area contributed by atoms with E-state index >= 15 is 0 Å². The van der Waals surface area contributed by atoms with E-state index in [1.54, 1.807) is 13.8 Å². The number of fused-ring (bicyclic) bond motifs is 1. The molecule has 1 amide bonds. The molecular weight excluding hydrogens is 355 g/mol. The second-order valence-electron chi connectivity index (χ2n) is 5.78. The molecule has 2 aliphatic rings. The number of amides is 1. The van der Waals surface area contributed by atoms with Crippen molar-refractivity contribution in [2.45, 2.75) is 50.2 Å². The Labute approximate surface area is 136 Å². The molecular formula is C13H16F3NO6S. The van der Waals surface area contributed by atoms with Crippen molar-refractivity contribution < 1.29 is 40.1 Å². The zero-order valence-electron chi connectivity index (χ0n) is 12.9. The van der Waals surface area contributed by atoms with Crippen LogP contribution in [-0.4, -0.2) is 48.9 Å². The molecule has 0 spiro atoms. The third-order valence-corrected chi connectivity index (χ3v) is 4.99. The van der Waals surface area contributed by atoms with Crippen LogP contribution in [0.25, 0.3) is 0 Å². The third-order valence-electron chi connectivity index (χ3n) is 3.99. The number of esters is 1. The molecule has 0 N–H and O–H groups in total. The van der Waals surface area contributed by atoms with Crippen molar-refractivity contribution >= 4 is 22.0 Å². The van der Waals surface area contributed by atoms with E-state index in [0.29, 0.717) is 12.5 Å². The monoisotopic (exact) mass is 371 g/mol. The average molecular weight is 371 g/mol. The summed E-state index contributed by atoms with van der Waals surface area (Å²) in [4.78, 5) is 25.4. The van der Waals surface area contributed by atoms with Crippen LogP contribution >= 0.6 is 0 Å². The van der Waals surface area contributed by atoms with Crippen LogP contribution in [0.4, 0.5) is 13.2 Å². The molecule has 0 radical (unpaired) electrons. The second-order valence-corrected chi connectivity index (χ2v) is 7.32. The van der Waals surface area contributed by atoms with Crippen LogP contribution in [-0.2, 0) is 28.6 Å². The van der Waals surface area contributed by atoms with E-state index in [-0.39, 0.29) is 19.4 Å². The lowest BCUT2D eigenvalue weighted by Gasteiger charge is -2.40. The predicted octanol–water partition coefficient (Wildman–Crippen LogP) is 1.45. The highest BCUT2D eigenvalue weighted by Gasteiger charge is 2.54. The molecule has 0 aromatic carbocycles. The van der Waals surface area contributed by atoms with Gasteiger partial charge in [-0.3, -0.25) is 4.79 Å². The van der Waals surface area contributed by atoms with Crippen LogP contribution in [0.3, 0.4) is 0 Å². The highest BCUT2D eigenvalue weighted by atomic mass is 32.2. The summed E-state index contributed by atoms with van der Waals surface area (Å²) in [6.45, 7) is 3.29. The Kier molecular flexibility index (Phi) is 4.59. The van der Waals surface area contributed by atoms with Gasteiger partial charge in [-0.25, -0.2) is 4.79 Å². The van der Waals surface area contributed by atoms with Crippen molar-refractivity contribution in [3.8, 4) is 0 Å². The molecule has 2 rings (SSSR count). The van der Waals surface area contributed by atoms with Gasteiger partial charge in [-0.2, -0.15) is 21.6 Å². The first-order valence-corrected chi connectivity index (χ1v) is 8.53. The lowest BCUT2D eigenvalue weighted by atomic mass is 9.91. The number of carbonyl (C=O) groups excluding carboxylic acids is 2. The van der Waals surface area contributed by atoms with Crippen molar-refractivity contribution in [3.63, 3.8) is 0 Å². The predicted molar refractivity (Wildman–Crippen MR) is 73.7 cm³/mol. The van der Waals surface area contributed by atoms with Gasteiger partial charge in [-0.1, -0.05) is 0 Å². The van der Waals surface area contributed by atoms with Gasteiger partial charge in [0.05, 0.1) is 6.61 Å². The smallest absolute Gasteiger partial charge is 0.464 e. The Morgan fingerprint density at radius 2 is 2.08 bits per heavy atom. The molecule has 0 aromatic heterocycles. The molecule has 24 heavy (non-hydrogen) atoms. The van der Waals surface area contributed by atoms with Crippen molar-refractivity contribution in [1.29, 1.82) is 0 Å². The Morgan fingerprint density at radius 1 is 1.46 bits per heavy atom. The first-order valence-electron chi connectivity index (χ1n) is 7.12. The van der Waals surface area contributed by atoms with E-state index < -0.39 is 44.8 Å². The SMILES string of the molecule is CCOC(=O)[C@@H]1CCC2(C)CC(OS(=O)(=O)C(F)(F)F)=CC(=O)N12. The van der Waals surface area contributed by atoms with E-state index in [1.807, 2.05) is 0 Å². The molecule has 0 saturated carbocycles. The molecule has 1 unspecified atom stereocenters. The summed E-state index contributed by atoms with van der Waals surface area (Å²) in [5.74, 6) is -1.98. The van der Waals surface area contributed by atoms with Crippen LogP contribution in [0.1, 0.15) is 33.1 Å². The van der Waals surface area contributed by atoms with E-state index in [0.717, 1.165) is 0 Å². The van der Waals surface area contributed by atoms with Crippen molar-refractivity contribution in [2.24, 2.45) is 0 Å². The normalized spacial score (nSPS) is 27.5. The maximum Gasteiger partial charge on any atom is 0.534 e. The molecule has 2 aliphatic heterocycles. The summed E-state index contributed by atoms with van der Waals surface area (Å²) in [6.07, 6.45) is 0.996. The molecule has 11 heteroatoms. The van der Waals surface area contributed by atoms with Gasteiger partial charge in [0.1, 0.15) is 11.8 Å². The fraction of sp³-hybridized carbons (Fsp3) is 0.692. The summed E-state index contributed by atoms with van der Waals surface area (Å²) >= 11 is 0. The van der Waals surface area contributed by atoms with Crippen molar-refractivity contribution in [1.82, 2.24) is 4.90 Å². The molecule has 0 bridgehead atoms. The minimum absolute atomic E-state index is 0.127. The number of hydrogen-bond donors (Lipinski definition) is 0. The minimum atomic E-state index is -5.85. The number of rotatable bonds is 4. The molecule has 2 atom stereocenters. The molecule has 0 aliphatic carbocycles. The van der Waals surface area contributed by atoms with Gasteiger partial charge in [0, 0.05) is 18.0 Å². The summed E-state index contributed by atoms with van der Waals surface area (Å²) < 4.78 is 68.4. The van der Waals surface area contributed by atoms with E-state index in [9.17, 15) is 31.2 Å². The largest absolute Gasteiger partial charge is 0.534 e. The number of alkyl halides is 3. The molecule has 1 fully saturated rings. The Balaban J connectivity index is 2.26. The van der Waals surface area contributed by atoms with Crippen molar-refractivity contribution in [2.75, 3.05) is 6.61 Å². The van der Waals surface area contributed by atoms with E-state index in [2.05, 4.69) is 4.18 Å². The maximum absolute atomic E-state index is 12.4. The van der Waals surface area contributed by atoms with Gasteiger partial charge in [-0.15, -0.1) is 0 Å². The van der Waals surface area contributed by atoms with Gasteiger partial charge >= 0.3 is 21.6 Å². The molecule has 1 saturated heterocycles. The second kappa shape index (κ2) is 5.94. The Hall–Kier alpha value is -1.78. The molecule has 2 heterocycles. The van der Waals surface area contributed by atoms with Crippen LogP contribution in [0.15, 0.2) is 11.8 Å². The number of carbonyl (C=O) groups is 2. The number of nitrogens with zero attached hydrogens (tertiary/aromatic N) is 1. The van der Waals surface area contributed by atoms with Crippen LogP contribution in [0.5, 0.6) is 0 Å². The Morgan fingerprint density at radius 3 is 2.62 bits per heavy atom. The topological polar surface area (TPSA) is 90.0 Å². The standard InChI is InChI=1S/C13H16F3NO6S/c1-3-22-11(19)9-4-5-12(2)7-8(6-10(18)17(9)12)23-24(20,21)13(14,15)16/h6,9H,3-5,7H2,1-2H3/t9-,12?/m0/s1. The zero-order chi connectivity index (χ0) is 18.3. The fourth-order valence-corrected chi connectivity index (χ4v) is 3.49. The third kappa shape index (κ3) is 3.21. The fourth-order valence-electron chi connectivity index (χ4n) is 3.00. The number of ether oxygens (including phenoxy) is 1. The first-order chi connectivity index (χ1) is 10.9. The van der Waals surface area contributed by atoms with Gasteiger partial charge in [0.25, 0.3) is 5.91 Å². The van der Waals surface area contributed by atoms with Gasteiger partial charge in [-0.05, 0) is 26.7 Å². The van der Waals surface area contributed by atoms with Crippen LogP contribution in [0.2, 0.25) is 0 Å². The highest BCUT2D eigenvalue weighted by Crippen LogP contribution is 2.43. The lowest BCUT2D eigenvalue weighted by Crippen LogP contribution is -2.53. The van der Waals surface area contributed by atoms with Crippen LogP contribution in [0, 0.1) is 0 Å². The minimum Gasteiger partial charge on any atom is -0.464 e. The average Bonchev–Trinajstić information content (AvgIpc) is 2.75. The first kappa shape index (κ1) is 18.6. The van der Waals surface area contributed by atoms with Gasteiger partial charge in [0.2, 0.25) is 0 Å². The summed E-state index contributed by atoms with van der Waals surface area (Å²) in [7, 11) is -5.85. The molecule has 0 aromatic rings. The van der Waals surface area contributed by atoms with Crippen molar-refractivity contribution in [3.05, 3.63) is 11.8 Å². The number of halogens is 3. The maximum atomic E-state index is 12.4. The lowest BCUT2D eigenvalue weighted by molar-refractivity contribution is -0.155. The summed E-state index contributed by atoms with van der Waals surface area (Å²) in [5, 5.41) is 0. The van der Waals surface area contributed by atoms with E-state index in [4.69, 9.17) is 4.74 Å². The molecule has 7 nitrogen and oxygen atoms in total. The zero-order valence-corrected chi connectivity index (χ0v) is 13.7. The van der Waals surface area contributed by atoms with Gasteiger partial charge < -0.3 is 13.8 Å². The van der Waals surface area contributed by atoms with Gasteiger partial charge in [0.15, 0.2) is 0 Å². The number of hydrogen-bond acceptors (Lipinski definition) is 6. The van der Waals surface area contributed by atoms with E-state index in [1.165, 1.54) is 4.90 Å². The highest BCUT2D eigenvalue weighted by molar-refractivity contribution is 7.87. The van der Waals surface area contributed by atoms with Crippen LogP contribution < -0.4 is 0 Å². The summed E-state index contributed by atoms with van der Waals surface area (Å²) in [6, 6.07) is -0.848. The Bertz CT molecular complexity index is 686. The summed E-state index contributed by atoms with van der Waals surface area (Å²) in [5.41, 5.74) is -6.60.